The molecule has 1 atom stereocenters. The van der Waals surface area contributed by atoms with Crippen LogP contribution in [0.5, 0.6) is 0 Å². The second kappa shape index (κ2) is 6.12. The lowest BCUT2D eigenvalue weighted by Crippen LogP contribution is -1.85. The van der Waals surface area contributed by atoms with Gasteiger partial charge in [0.05, 0.1) is 0 Å². The van der Waals surface area contributed by atoms with Gasteiger partial charge in [-0.25, -0.2) is 0 Å². The van der Waals surface area contributed by atoms with Crippen molar-refractivity contribution in [2.75, 3.05) is 6.61 Å². The maximum absolute atomic E-state index is 8.35. The predicted octanol–water partition coefficient (Wildman–Crippen LogP) is 1.94. The van der Waals surface area contributed by atoms with E-state index in [9.17, 15) is 0 Å². The molecule has 0 aromatic heterocycles. The predicted molar refractivity (Wildman–Crippen MR) is 40.8 cm³/mol. The summed E-state index contributed by atoms with van der Waals surface area (Å²) in [5.41, 5.74) is 0. The van der Waals surface area contributed by atoms with Gasteiger partial charge in [-0.3, -0.25) is 0 Å². The fourth-order valence-corrected chi connectivity index (χ4v) is 0.579. The average Bonchev–Trinajstić information content (AvgIpc) is 1.80. The monoisotopic (exact) mass is 148 g/mol. The van der Waals surface area contributed by atoms with Gasteiger partial charge < -0.3 is 5.11 Å². The molecule has 0 heterocycles. The topological polar surface area (TPSA) is 20.2 Å². The summed E-state index contributed by atoms with van der Waals surface area (Å²) in [5.74, 6) is 0. The smallest absolute Gasteiger partial charge is 0.0465 e. The van der Waals surface area contributed by atoms with Gasteiger partial charge in [0, 0.05) is 12.0 Å². The third kappa shape index (κ3) is 7.99. The number of hydrogen-bond donors (Lipinski definition) is 1. The van der Waals surface area contributed by atoms with E-state index in [1.807, 2.05) is 19.1 Å². The molecule has 0 bridgehead atoms. The molecule has 0 fully saturated rings. The molecule has 0 aliphatic rings. The van der Waals surface area contributed by atoms with Gasteiger partial charge in [0.25, 0.3) is 0 Å². The maximum atomic E-state index is 8.35. The highest BCUT2D eigenvalue weighted by atomic mass is 35.5. The van der Waals surface area contributed by atoms with Gasteiger partial charge in [-0.15, -0.1) is 11.6 Å². The summed E-state index contributed by atoms with van der Waals surface area (Å²) < 4.78 is 0. The van der Waals surface area contributed by atoms with Crippen LogP contribution in [0.15, 0.2) is 12.2 Å². The summed E-state index contributed by atoms with van der Waals surface area (Å²) in [4.78, 5) is 0. The van der Waals surface area contributed by atoms with Gasteiger partial charge in [0.1, 0.15) is 0 Å². The van der Waals surface area contributed by atoms with Crippen LogP contribution in [-0.2, 0) is 0 Å². The van der Waals surface area contributed by atoms with Crippen LogP contribution >= 0.6 is 11.6 Å². The van der Waals surface area contributed by atoms with Crippen LogP contribution < -0.4 is 0 Å². The summed E-state index contributed by atoms with van der Waals surface area (Å²) in [5, 5.41) is 8.56. The van der Waals surface area contributed by atoms with Crippen LogP contribution in [0.1, 0.15) is 19.8 Å². The van der Waals surface area contributed by atoms with Crippen molar-refractivity contribution in [1.82, 2.24) is 0 Å². The Hall–Kier alpha value is -0.0100. The molecule has 0 radical (unpaired) electrons. The molecular formula is C7H13ClO. The van der Waals surface area contributed by atoms with E-state index in [0.717, 1.165) is 12.8 Å². The van der Waals surface area contributed by atoms with Gasteiger partial charge >= 0.3 is 0 Å². The standard InChI is InChI=1S/C7H13ClO/c1-7(8)5-3-2-4-6-9/h2-3,7,9H,4-6H2,1H3/b3-2+. The summed E-state index contributed by atoms with van der Waals surface area (Å²) in [6, 6.07) is 0. The number of rotatable bonds is 4. The molecule has 0 spiro atoms. The molecule has 54 valence electrons. The Bertz CT molecular complexity index is 79.0. The van der Waals surface area contributed by atoms with Gasteiger partial charge in [-0.2, -0.15) is 0 Å². The summed E-state index contributed by atoms with van der Waals surface area (Å²) in [6.45, 7) is 2.18. The maximum Gasteiger partial charge on any atom is 0.0465 e. The summed E-state index contributed by atoms with van der Waals surface area (Å²) >= 11 is 5.64. The molecule has 0 saturated carbocycles. The Morgan fingerprint density at radius 3 is 2.67 bits per heavy atom. The fraction of sp³-hybridized carbons (Fsp3) is 0.714. The van der Waals surface area contributed by atoms with Crippen molar-refractivity contribution >= 4 is 11.6 Å². The Morgan fingerprint density at radius 2 is 2.22 bits per heavy atom. The van der Waals surface area contributed by atoms with Crippen LogP contribution in [0.2, 0.25) is 0 Å². The molecule has 9 heavy (non-hydrogen) atoms. The number of aliphatic hydroxyl groups is 1. The molecule has 1 nitrogen and oxygen atoms in total. The Morgan fingerprint density at radius 1 is 1.56 bits per heavy atom. The second-order valence-electron chi connectivity index (χ2n) is 2.00. The molecule has 0 aromatic carbocycles. The SMILES string of the molecule is CC(Cl)C/C=C/CCO. The van der Waals surface area contributed by atoms with E-state index in [-0.39, 0.29) is 12.0 Å². The zero-order chi connectivity index (χ0) is 7.11. The number of aliphatic hydroxyl groups excluding tert-OH is 1. The molecular weight excluding hydrogens is 136 g/mol. The van der Waals surface area contributed by atoms with E-state index >= 15 is 0 Å². The fourth-order valence-electron chi connectivity index (χ4n) is 0.476. The number of allylic oxidation sites excluding steroid dienone is 1. The first-order valence-electron chi connectivity index (χ1n) is 3.17. The number of halogens is 1. The third-order valence-electron chi connectivity index (χ3n) is 0.923. The first kappa shape index (κ1) is 8.99. The third-order valence-corrected chi connectivity index (χ3v) is 1.10. The summed E-state index contributed by atoms with van der Waals surface area (Å²) in [7, 11) is 0. The van der Waals surface area contributed by atoms with Crippen LogP contribution in [0.4, 0.5) is 0 Å². The normalized spacial score (nSPS) is 14.6. The number of alkyl halides is 1. The highest BCUT2D eigenvalue weighted by Crippen LogP contribution is 2.00. The van der Waals surface area contributed by atoms with Crippen LogP contribution in [-0.4, -0.2) is 17.1 Å². The minimum atomic E-state index is 0.208. The summed E-state index contributed by atoms with van der Waals surface area (Å²) in [6.07, 6.45) is 5.57. The minimum Gasteiger partial charge on any atom is -0.396 e. The minimum absolute atomic E-state index is 0.208. The largest absolute Gasteiger partial charge is 0.396 e. The molecule has 0 aliphatic heterocycles. The zero-order valence-corrected chi connectivity index (χ0v) is 6.43. The van der Waals surface area contributed by atoms with Gasteiger partial charge in [-0.05, 0) is 19.8 Å². The van der Waals surface area contributed by atoms with Crippen LogP contribution in [0.25, 0.3) is 0 Å². The quantitative estimate of drug-likeness (QED) is 0.477. The van der Waals surface area contributed by atoms with Gasteiger partial charge in [0.2, 0.25) is 0 Å². The lowest BCUT2D eigenvalue weighted by molar-refractivity contribution is 0.302. The van der Waals surface area contributed by atoms with Gasteiger partial charge in [0.15, 0.2) is 0 Å². The van der Waals surface area contributed by atoms with E-state index in [1.165, 1.54) is 0 Å². The molecule has 0 aromatic rings. The first-order valence-corrected chi connectivity index (χ1v) is 3.61. The van der Waals surface area contributed by atoms with E-state index in [1.54, 1.807) is 0 Å². The second-order valence-corrected chi connectivity index (χ2v) is 2.75. The molecule has 1 unspecified atom stereocenters. The molecule has 0 aliphatic carbocycles. The van der Waals surface area contributed by atoms with Crippen LogP contribution in [0.3, 0.4) is 0 Å². The van der Waals surface area contributed by atoms with Crippen LogP contribution in [0, 0.1) is 0 Å². The Labute approximate surface area is 61.3 Å². The van der Waals surface area contributed by atoms with Crippen molar-refractivity contribution in [3.05, 3.63) is 12.2 Å². The Kier molecular flexibility index (Phi) is 6.11. The van der Waals surface area contributed by atoms with E-state index < -0.39 is 0 Å². The van der Waals surface area contributed by atoms with Crippen molar-refractivity contribution in [3.63, 3.8) is 0 Å². The number of hydrogen-bond acceptors (Lipinski definition) is 1. The lowest BCUT2D eigenvalue weighted by atomic mass is 10.3. The van der Waals surface area contributed by atoms with Crippen molar-refractivity contribution in [2.45, 2.75) is 25.1 Å². The van der Waals surface area contributed by atoms with Crippen molar-refractivity contribution in [2.24, 2.45) is 0 Å². The Balaban J connectivity index is 3.04. The van der Waals surface area contributed by atoms with Crippen molar-refractivity contribution < 1.29 is 5.11 Å². The van der Waals surface area contributed by atoms with Crippen molar-refractivity contribution in [1.29, 1.82) is 0 Å². The molecule has 0 rings (SSSR count). The average molecular weight is 149 g/mol. The molecule has 2 heteroatoms. The van der Waals surface area contributed by atoms with Gasteiger partial charge in [-0.1, -0.05) is 12.2 Å². The van der Waals surface area contributed by atoms with E-state index in [0.29, 0.717) is 0 Å². The highest BCUT2D eigenvalue weighted by Gasteiger charge is 1.88. The lowest BCUT2D eigenvalue weighted by Gasteiger charge is -1.92. The first-order chi connectivity index (χ1) is 4.27. The highest BCUT2D eigenvalue weighted by molar-refractivity contribution is 6.20. The molecule has 0 saturated heterocycles. The van der Waals surface area contributed by atoms with Crippen molar-refractivity contribution in [3.8, 4) is 0 Å². The zero-order valence-electron chi connectivity index (χ0n) is 5.68. The van der Waals surface area contributed by atoms with E-state index in [4.69, 9.17) is 16.7 Å². The van der Waals surface area contributed by atoms with E-state index in [2.05, 4.69) is 0 Å². The molecule has 1 N–H and O–H groups in total. The molecule has 0 amide bonds.